The van der Waals surface area contributed by atoms with Gasteiger partial charge in [-0.15, -0.1) is 0 Å². The molecule has 0 aliphatic carbocycles. The van der Waals surface area contributed by atoms with Gasteiger partial charge >= 0.3 is 0 Å². The molecule has 0 heterocycles. The van der Waals surface area contributed by atoms with Gasteiger partial charge in [0, 0.05) is 23.7 Å². The van der Waals surface area contributed by atoms with Gasteiger partial charge in [0.1, 0.15) is 0 Å². The van der Waals surface area contributed by atoms with Crippen molar-refractivity contribution in [1.82, 2.24) is 10.2 Å². The topological polar surface area (TPSA) is 15.3 Å². The Morgan fingerprint density at radius 3 is 2.40 bits per heavy atom. The maximum Gasteiger partial charge on any atom is 0.0453 e. The summed E-state index contributed by atoms with van der Waals surface area (Å²) in [4.78, 5) is 2.38. The lowest BCUT2D eigenvalue weighted by Crippen LogP contribution is -2.46. The van der Waals surface area contributed by atoms with Crippen molar-refractivity contribution in [2.45, 2.75) is 46.7 Å². The van der Waals surface area contributed by atoms with E-state index in [1.54, 1.807) is 0 Å². The molecule has 0 aromatic heterocycles. The molecule has 0 fully saturated rings. The van der Waals surface area contributed by atoms with Gasteiger partial charge in [-0.05, 0) is 44.5 Å². The van der Waals surface area contributed by atoms with Gasteiger partial charge in [0.15, 0.2) is 0 Å². The first-order valence-corrected chi connectivity index (χ1v) is 7.85. The molecule has 114 valence electrons. The third-order valence-electron chi connectivity index (χ3n) is 4.36. The summed E-state index contributed by atoms with van der Waals surface area (Å²) in [6.45, 7) is 13.3. The molecular formula is C17H29ClN2. The zero-order chi connectivity index (χ0) is 15.3. The second kappa shape index (κ2) is 7.44. The number of rotatable bonds is 7. The molecular weight excluding hydrogens is 268 g/mol. The van der Waals surface area contributed by atoms with Crippen molar-refractivity contribution in [3.63, 3.8) is 0 Å². The average molecular weight is 297 g/mol. The normalized spacial score (nSPS) is 15.4. The van der Waals surface area contributed by atoms with Crippen LogP contribution in [0.1, 0.15) is 46.2 Å². The lowest BCUT2D eigenvalue weighted by molar-refractivity contribution is 0.137. The second-order valence-electron chi connectivity index (χ2n) is 6.38. The predicted octanol–water partition coefficient (Wildman–Crippen LogP) is 4.36. The second-order valence-corrected chi connectivity index (χ2v) is 6.79. The van der Waals surface area contributed by atoms with Crippen molar-refractivity contribution in [3.05, 3.63) is 34.9 Å². The number of nitrogens with zero attached hydrogens (tertiary/aromatic N) is 1. The van der Waals surface area contributed by atoms with Crippen molar-refractivity contribution in [3.8, 4) is 0 Å². The zero-order valence-electron chi connectivity index (χ0n) is 13.7. The highest BCUT2D eigenvalue weighted by Gasteiger charge is 2.28. The molecule has 2 nitrogen and oxygen atoms in total. The van der Waals surface area contributed by atoms with Gasteiger partial charge in [-0.25, -0.2) is 0 Å². The molecule has 0 saturated carbocycles. The minimum atomic E-state index is 0.209. The first-order valence-electron chi connectivity index (χ1n) is 7.47. The van der Waals surface area contributed by atoms with E-state index in [4.69, 9.17) is 11.6 Å². The Labute approximate surface area is 129 Å². The molecule has 0 bridgehead atoms. The summed E-state index contributed by atoms with van der Waals surface area (Å²) in [6.07, 6.45) is 0. The van der Waals surface area contributed by atoms with Crippen LogP contribution in [0.5, 0.6) is 0 Å². The molecule has 2 unspecified atom stereocenters. The standard InChI is InChI=1S/C17H29ClN2/c1-7-19-14(3)17(4,5)12-20(6)13(2)15-10-8-9-11-16(15)18/h8-11,13-14,19H,7,12H2,1-6H3. The van der Waals surface area contributed by atoms with Gasteiger partial charge in [-0.2, -0.15) is 0 Å². The summed E-state index contributed by atoms with van der Waals surface area (Å²) in [7, 11) is 2.18. The van der Waals surface area contributed by atoms with Crippen LogP contribution in [0.25, 0.3) is 0 Å². The monoisotopic (exact) mass is 296 g/mol. The van der Waals surface area contributed by atoms with Crippen LogP contribution in [-0.2, 0) is 0 Å². The van der Waals surface area contributed by atoms with Crippen molar-refractivity contribution in [1.29, 1.82) is 0 Å². The van der Waals surface area contributed by atoms with E-state index < -0.39 is 0 Å². The molecule has 0 saturated heterocycles. The van der Waals surface area contributed by atoms with Crippen LogP contribution >= 0.6 is 11.6 Å². The Morgan fingerprint density at radius 1 is 1.25 bits per heavy atom. The summed E-state index contributed by atoms with van der Waals surface area (Å²) in [5.74, 6) is 0. The number of benzene rings is 1. The van der Waals surface area contributed by atoms with E-state index in [1.807, 2.05) is 12.1 Å². The minimum Gasteiger partial charge on any atom is -0.314 e. The van der Waals surface area contributed by atoms with Crippen LogP contribution in [0.3, 0.4) is 0 Å². The van der Waals surface area contributed by atoms with Gasteiger partial charge in [-0.1, -0.05) is 50.6 Å². The molecule has 0 spiro atoms. The lowest BCUT2D eigenvalue weighted by atomic mass is 9.84. The van der Waals surface area contributed by atoms with Gasteiger partial charge < -0.3 is 5.32 Å². The average Bonchev–Trinajstić information content (AvgIpc) is 2.38. The van der Waals surface area contributed by atoms with E-state index in [9.17, 15) is 0 Å². The van der Waals surface area contributed by atoms with Crippen LogP contribution in [-0.4, -0.2) is 31.1 Å². The molecule has 20 heavy (non-hydrogen) atoms. The van der Waals surface area contributed by atoms with E-state index in [1.165, 1.54) is 5.56 Å². The minimum absolute atomic E-state index is 0.209. The van der Waals surface area contributed by atoms with Gasteiger partial charge in [0.25, 0.3) is 0 Å². The predicted molar refractivity (Wildman–Crippen MR) is 89.4 cm³/mol. The fourth-order valence-electron chi connectivity index (χ4n) is 2.55. The Bertz CT molecular complexity index is 417. The van der Waals surface area contributed by atoms with E-state index in [0.717, 1.165) is 18.1 Å². The number of hydrogen-bond donors (Lipinski definition) is 1. The molecule has 0 amide bonds. The Hall–Kier alpha value is -0.570. The highest BCUT2D eigenvalue weighted by atomic mass is 35.5. The molecule has 2 atom stereocenters. The summed E-state index contributed by atoms with van der Waals surface area (Å²) < 4.78 is 0. The molecule has 0 aliphatic heterocycles. The molecule has 1 aromatic rings. The van der Waals surface area contributed by atoms with Crippen molar-refractivity contribution < 1.29 is 0 Å². The highest BCUT2D eigenvalue weighted by molar-refractivity contribution is 6.31. The molecule has 0 radical (unpaired) electrons. The third-order valence-corrected chi connectivity index (χ3v) is 4.70. The Balaban J connectivity index is 2.75. The molecule has 1 rings (SSSR count). The van der Waals surface area contributed by atoms with E-state index in [0.29, 0.717) is 12.1 Å². The van der Waals surface area contributed by atoms with Gasteiger partial charge in [0.2, 0.25) is 0 Å². The highest BCUT2D eigenvalue weighted by Crippen LogP contribution is 2.30. The lowest BCUT2D eigenvalue weighted by Gasteiger charge is -2.38. The summed E-state index contributed by atoms with van der Waals surface area (Å²) >= 11 is 6.31. The van der Waals surface area contributed by atoms with E-state index in [-0.39, 0.29) is 5.41 Å². The largest absolute Gasteiger partial charge is 0.314 e. The molecule has 1 aromatic carbocycles. The SMILES string of the molecule is CCNC(C)C(C)(C)CN(C)C(C)c1ccccc1Cl. The van der Waals surface area contributed by atoms with E-state index >= 15 is 0 Å². The Morgan fingerprint density at radius 2 is 1.85 bits per heavy atom. The smallest absolute Gasteiger partial charge is 0.0453 e. The van der Waals surface area contributed by atoms with Crippen LogP contribution < -0.4 is 5.32 Å². The van der Waals surface area contributed by atoms with Crippen LogP contribution in [0.4, 0.5) is 0 Å². The molecule has 3 heteroatoms. The van der Waals surface area contributed by atoms with Crippen molar-refractivity contribution >= 4 is 11.6 Å². The van der Waals surface area contributed by atoms with Gasteiger partial charge in [0.05, 0.1) is 0 Å². The zero-order valence-corrected chi connectivity index (χ0v) is 14.5. The van der Waals surface area contributed by atoms with Crippen LogP contribution in [0.2, 0.25) is 5.02 Å². The van der Waals surface area contributed by atoms with E-state index in [2.05, 4.69) is 64.0 Å². The third kappa shape index (κ3) is 4.47. The van der Waals surface area contributed by atoms with Crippen LogP contribution in [0, 0.1) is 5.41 Å². The summed E-state index contributed by atoms with van der Waals surface area (Å²) in [5, 5.41) is 4.38. The fraction of sp³-hybridized carbons (Fsp3) is 0.647. The van der Waals surface area contributed by atoms with Gasteiger partial charge in [-0.3, -0.25) is 4.90 Å². The Kier molecular flexibility index (Phi) is 6.50. The maximum absolute atomic E-state index is 6.31. The molecule has 0 aliphatic rings. The number of hydrogen-bond acceptors (Lipinski definition) is 2. The first-order chi connectivity index (χ1) is 9.29. The quantitative estimate of drug-likeness (QED) is 0.804. The summed E-state index contributed by atoms with van der Waals surface area (Å²) in [6, 6.07) is 8.91. The van der Waals surface area contributed by atoms with Crippen molar-refractivity contribution in [2.24, 2.45) is 5.41 Å². The number of halogens is 1. The first kappa shape index (κ1) is 17.5. The van der Waals surface area contributed by atoms with Crippen molar-refractivity contribution in [2.75, 3.05) is 20.1 Å². The fourth-order valence-corrected chi connectivity index (χ4v) is 2.84. The summed E-state index contributed by atoms with van der Waals surface area (Å²) in [5.41, 5.74) is 1.41. The molecule has 1 N–H and O–H groups in total. The maximum atomic E-state index is 6.31. The van der Waals surface area contributed by atoms with Crippen LogP contribution in [0.15, 0.2) is 24.3 Å². The number of nitrogens with one attached hydrogen (secondary N) is 1.